The van der Waals surface area contributed by atoms with Gasteiger partial charge >= 0.3 is 11.9 Å². The van der Waals surface area contributed by atoms with Crippen LogP contribution in [0.3, 0.4) is 0 Å². The Morgan fingerprint density at radius 1 is 1.00 bits per heavy atom. The fraction of sp³-hybridized carbons (Fsp3) is 0.500. The number of carbonyl (C=O) groups excluding carboxylic acids is 1. The Morgan fingerprint density at radius 3 is 1.92 bits per heavy atom. The highest BCUT2D eigenvalue weighted by Crippen LogP contribution is 2.11. The predicted molar refractivity (Wildman–Crippen MR) is 93.0 cm³/mol. The Balaban J connectivity index is 0.000000487. The lowest BCUT2D eigenvalue weighted by Crippen LogP contribution is -2.48. The van der Waals surface area contributed by atoms with Crippen LogP contribution >= 0.6 is 0 Å². The van der Waals surface area contributed by atoms with Gasteiger partial charge in [0.2, 0.25) is 5.91 Å². The fourth-order valence-electron chi connectivity index (χ4n) is 2.48. The van der Waals surface area contributed by atoms with Crippen molar-refractivity contribution >= 4 is 17.8 Å². The maximum atomic E-state index is 12.9. The van der Waals surface area contributed by atoms with E-state index in [1.165, 1.54) is 12.1 Å². The van der Waals surface area contributed by atoms with Crippen LogP contribution in [-0.2, 0) is 20.9 Å². The number of halogens is 1. The van der Waals surface area contributed by atoms with Crippen molar-refractivity contribution in [3.63, 3.8) is 0 Å². The van der Waals surface area contributed by atoms with Crippen LogP contribution in [0.2, 0.25) is 0 Å². The van der Waals surface area contributed by atoms with Crippen LogP contribution in [0.5, 0.6) is 0 Å². The Morgan fingerprint density at radius 2 is 1.50 bits per heavy atom. The minimum Gasteiger partial charge on any atom is -0.473 e. The summed E-state index contributed by atoms with van der Waals surface area (Å²) in [7, 11) is 0. The van der Waals surface area contributed by atoms with Crippen molar-refractivity contribution < 1.29 is 29.0 Å². The second-order valence-electron chi connectivity index (χ2n) is 6.49. The first kappa shape index (κ1) is 21.6. The lowest BCUT2D eigenvalue weighted by Gasteiger charge is -2.35. The third-order valence-corrected chi connectivity index (χ3v) is 3.81. The van der Waals surface area contributed by atoms with Crippen LogP contribution in [0.4, 0.5) is 4.39 Å². The van der Waals surface area contributed by atoms with Gasteiger partial charge in [0.05, 0.1) is 0 Å². The molecule has 144 valence electrons. The summed E-state index contributed by atoms with van der Waals surface area (Å²) in [5.41, 5.74) is 1.12. The number of carboxylic acid groups (broad SMARTS) is 2. The molecule has 0 spiro atoms. The predicted octanol–water partition coefficient (Wildman–Crippen LogP) is 1.67. The minimum atomic E-state index is -1.82. The summed E-state index contributed by atoms with van der Waals surface area (Å²) in [6.07, 6.45) is 0.637. The van der Waals surface area contributed by atoms with Gasteiger partial charge in [-0.15, -0.1) is 0 Å². The molecule has 1 fully saturated rings. The van der Waals surface area contributed by atoms with E-state index in [1.807, 2.05) is 17.0 Å². The third kappa shape index (κ3) is 8.06. The number of benzene rings is 1. The number of amides is 1. The second kappa shape index (κ2) is 10.5. The smallest absolute Gasteiger partial charge is 0.414 e. The number of aliphatic carboxylic acids is 2. The lowest BCUT2D eigenvalue weighted by atomic mass is 10.1. The normalized spacial score (nSPS) is 14.5. The van der Waals surface area contributed by atoms with E-state index >= 15 is 0 Å². The van der Waals surface area contributed by atoms with Crippen molar-refractivity contribution in [1.82, 2.24) is 9.80 Å². The zero-order chi connectivity index (χ0) is 19.7. The van der Waals surface area contributed by atoms with Crippen molar-refractivity contribution in [3.05, 3.63) is 35.6 Å². The zero-order valence-corrected chi connectivity index (χ0v) is 15.0. The molecule has 2 rings (SSSR count). The van der Waals surface area contributed by atoms with Crippen molar-refractivity contribution in [2.75, 3.05) is 26.2 Å². The molecule has 1 aromatic rings. The van der Waals surface area contributed by atoms with Crippen molar-refractivity contribution in [2.24, 2.45) is 5.92 Å². The van der Waals surface area contributed by atoms with Gasteiger partial charge < -0.3 is 15.1 Å². The molecule has 26 heavy (non-hydrogen) atoms. The zero-order valence-electron chi connectivity index (χ0n) is 15.0. The van der Waals surface area contributed by atoms with Gasteiger partial charge in [-0.1, -0.05) is 26.0 Å². The molecule has 0 aromatic heterocycles. The molecule has 1 aromatic carbocycles. The molecule has 0 radical (unpaired) electrons. The first-order valence-electron chi connectivity index (χ1n) is 8.39. The van der Waals surface area contributed by atoms with Gasteiger partial charge in [-0.3, -0.25) is 9.69 Å². The minimum absolute atomic E-state index is 0.196. The SMILES string of the molecule is CC(C)CC(=O)N1CCN(Cc2ccc(F)cc2)CC1.O=C(O)C(=O)O. The Hall–Kier alpha value is -2.48. The quantitative estimate of drug-likeness (QED) is 0.785. The largest absolute Gasteiger partial charge is 0.473 e. The van der Waals surface area contributed by atoms with Gasteiger partial charge in [0.25, 0.3) is 0 Å². The number of hydrogen-bond donors (Lipinski definition) is 2. The van der Waals surface area contributed by atoms with Gasteiger partial charge in [-0.25, -0.2) is 14.0 Å². The van der Waals surface area contributed by atoms with Crippen LogP contribution in [0.1, 0.15) is 25.8 Å². The summed E-state index contributed by atoms with van der Waals surface area (Å²) in [4.78, 5) is 34.4. The van der Waals surface area contributed by atoms with E-state index in [1.54, 1.807) is 0 Å². The number of nitrogens with zero attached hydrogens (tertiary/aromatic N) is 2. The van der Waals surface area contributed by atoms with Gasteiger partial charge in [0.15, 0.2) is 0 Å². The monoisotopic (exact) mass is 368 g/mol. The average Bonchev–Trinajstić information content (AvgIpc) is 2.57. The maximum absolute atomic E-state index is 12.9. The molecule has 1 aliphatic rings. The molecule has 1 amide bonds. The first-order chi connectivity index (χ1) is 12.2. The van der Waals surface area contributed by atoms with Crippen LogP contribution in [-0.4, -0.2) is 64.0 Å². The van der Waals surface area contributed by atoms with Gasteiger partial charge in [0.1, 0.15) is 5.82 Å². The molecule has 0 saturated carbocycles. The van der Waals surface area contributed by atoms with Gasteiger partial charge in [0, 0.05) is 39.1 Å². The number of hydrogen-bond acceptors (Lipinski definition) is 4. The van der Waals surface area contributed by atoms with Crippen molar-refractivity contribution in [1.29, 1.82) is 0 Å². The topological polar surface area (TPSA) is 98.2 Å². The third-order valence-electron chi connectivity index (χ3n) is 3.81. The highest BCUT2D eigenvalue weighted by atomic mass is 19.1. The highest BCUT2D eigenvalue weighted by Gasteiger charge is 2.21. The van der Waals surface area contributed by atoms with E-state index in [-0.39, 0.29) is 11.7 Å². The molecule has 0 atom stereocenters. The molecule has 0 unspecified atom stereocenters. The molecular formula is C18H25FN2O5. The van der Waals surface area contributed by atoms with E-state index in [4.69, 9.17) is 19.8 Å². The average molecular weight is 368 g/mol. The molecule has 2 N–H and O–H groups in total. The molecule has 8 heteroatoms. The maximum Gasteiger partial charge on any atom is 0.414 e. The number of rotatable bonds is 4. The van der Waals surface area contributed by atoms with Crippen molar-refractivity contribution in [2.45, 2.75) is 26.8 Å². The van der Waals surface area contributed by atoms with Crippen LogP contribution in [0.25, 0.3) is 0 Å². The second-order valence-corrected chi connectivity index (χ2v) is 6.49. The highest BCUT2D eigenvalue weighted by molar-refractivity contribution is 6.27. The van der Waals surface area contributed by atoms with Gasteiger partial charge in [-0.2, -0.15) is 0 Å². The number of piperazine rings is 1. The van der Waals surface area contributed by atoms with E-state index in [2.05, 4.69) is 18.7 Å². The summed E-state index contributed by atoms with van der Waals surface area (Å²) in [6.45, 7) is 8.35. The van der Waals surface area contributed by atoms with E-state index < -0.39 is 11.9 Å². The lowest BCUT2D eigenvalue weighted by molar-refractivity contribution is -0.159. The Labute approximate surface area is 152 Å². The van der Waals surface area contributed by atoms with Crippen molar-refractivity contribution in [3.8, 4) is 0 Å². The molecule has 0 aliphatic carbocycles. The van der Waals surface area contributed by atoms with Crippen LogP contribution < -0.4 is 0 Å². The van der Waals surface area contributed by atoms with E-state index in [9.17, 15) is 9.18 Å². The molecule has 1 saturated heterocycles. The van der Waals surface area contributed by atoms with Gasteiger partial charge in [-0.05, 0) is 23.6 Å². The summed E-state index contributed by atoms with van der Waals surface area (Å²) in [6, 6.07) is 6.65. The van der Waals surface area contributed by atoms with E-state index in [0.29, 0.717) is 12.3 Å². The first-order valence-corrected chi connectivity index (χ1v) is 8.39. The Kier molecular flexibility index (Phi) is 8.71. The van der Waals surface area contributed by atoms with E-state index in [0.717, 1.165) is 38.3 Å². The summed E-state index contributed by atoms with van der Waals surface area (Å²) >= 11 is 0. The number of carboxylic acids is 2. The molecule has 1 heterocycles. The molecule has 0 bridgehead atoms. The summed E-state index contributed by atoms with van der Waals surface area (Å²) in [5, 5.41) is 14.8. The number of carbonyl (C=O) groups is 3. The molecular weight excluding hydrogens is 343 g/mol. The summed E-state index contributed by atoms with van der Waals surface area (Å²) < 4.78 is 12.9. The summed E-state index contributed by atoms with van der Waals surface area (Å²) in [5.74, 6) is -3.16. The molecule has 7 nitrogen and oxygen atoms in total. The standard InChI is InChI=1S/C16H23FN2O.C2H2O4/c1-13(2)11-16(20)19-9-7-18(8-10-19)12-14-3-5-15(17)6-4-14;3-1(4)2(5)6/h3-6,13H,7-12H2,1-2H3;(H,3,4)(H,5,6). The van der Waals surface area contributed by atoms with Crippen LogP contribution in [0.15, 0.2) is 24.3 Å². The molecule has 1 aliphatic heterocycles. The van der Waals surface area contributed by atoms with Crippen LogP contribution in [0, 0.1) is 11.7 Å². The Bertz CT molecular complexity index is 599. The fourth-order valence-corrected chi connectivity index (χ4v) is 2.48.